The van der Waals surface area contributed by atoms with Crippen molar-refractivity contribution in [2.75, 3.05) is 19.8 Å². The van der Waals surface area contributed by atoms with E-state index in [4.69, 9.17) is 42.6 Å². The third-order valence-electron chi connectivity index (χ3n) is 7.98. The van der Waals surface area contributed by atoms with Gasteiger partial charge in [-0.2, -0.15) is 0 Å². The lowest BCUT2D eigenvalue weighted by Gasteiger charge is -2.35. The number of ether oxygens (including phenoxy) is 9. The zero-order valence-electron chi connectivity index (χ0n) is 27.6. The highest BCUT2D eigenvalue weighted by Gasteiger charge is 2.44. The lowest BCUT2D eigenvalue weighted by Crippen LogP contribution is -2.50. The molecule has 0 aromatic heterocycles. The van der Waals surface area contributed by atoms with Crippen molar-refractivity contribution in [3.63, 3.8) is 0 Å². The van der Waals surface area contributed by atoms with Gasteiger partial charge in [0.2, 0.25) is 0 Å². The van der Waals surface area contributed by atoms with Crippen LogP contribution in [-0.4, -0.2) is 73.4 Å². The van der Waals surface area contributed by atoms with Gasteiger partial charge in [0.05, 0.1) is 38.1 Å². The van der Waals surface area contributed by atoms with Crippen molar-refractivity contribution in [3.05, 3.63) is 53.6 Å². The summed E-state index contributed by atoms with van der Waals surface area (Å²) in [6.07, 6.45) is 5.02. The van der Waals surface area contributed by atoms with E-state index in [1.165, 1.54) is 19.9 Å². The smallest absolute Gasteiger partial charge is 0.371 e. The van der Waals surface area contributed by atoms with E-state index < -0.39 is 35.3 Å². The van der Waals surface area contributed by atoms with Gasteiger partial charge in [-0.15, -0.1) is 0 Å². The van der Waals surface area contributed by atoms with Crippen molar-refractivity contribution in [1.82, 2.24) is 0 Å². The molecule has 6 atom stereocenters. The Balaban J connectivity index is 1.33. The number of rotatable bonds is 8. The molecule has 12 heteroatoms. The average Bonchev–Trinajstić information content (AvgIpc) is 3.00. The fourth-order valence-corrected chi connectivity index (χ4v) is 5.26. The van der Waals surface area contributed by atoms with Gasteiger partial charge in [0, 0.05) is 26.8 Å². The molecular weight excluding hydrogens is 612 g/mol. The molecule has 3 aliphatic heterocycles. The molecule has 2 aromatic carbocycles. The minimum absolute atomic E-state index is 0.104. The highest BCUT2D eigenvalue weighted by molar-refractivity contribution is 5.83. The van der Waals surface area contributed by atoms with E-state index in [1.807, 2.05) is 20.8 Å². The van der Waals surface area contributed by atoms with Gasteiger partial charge in [0.25, 0.3) is 17.4 Å². The molecule has 0 unspecified atom stereocenters. The zero-order chi connectivity index (χ0) is 33.8. The molecule has 0 bridgehead atoms. The van der Waals surface area contributed by atoms with Gasteiger partial charge >= 0.3 is 17.9 Å². The lowest BCUT2D eigenvalue weighted by atomic mass is 10.1. The van der Waals surface area contributed by atoms with Gasteiger partial charge < -0.3 is 42.6 Å². The van der Waals surface area contributed by atoms with Crippen molar-refractivity contribution in [3.8, 4) is 17.2 Å². The van der Waals surface area contributed by atoms with E-state index in [-0.39, 0.29) is 29.8 Å². The summed E-state index contributed by atoms with van der Waals surface area (Å²) in [4.78, 5) is 39.0. The van der Waals surface area contributed by atoms with Crippen molar-refractivity contribution < 1.29 is 57.0 Å². The maximum atomic E-state index is 13.1. The molecule has 0 spiro atoms. The Morgan fingerprint density at radius 2 is 0.936 bits per heavy atom. The molecule has 254 valence electrons. The van der Waals surface area contributed by atoms with Gasteiger partial charge in [0.1, 0.15) is 17.2 Å². The summed E-state index contributed by atoms with van der Waals surface area (Å²) in [5.74, 6) is -6.26. The van der Waals surface area contributed by atoms with Crippen LogP contribution < -0.4 is 14.2 Å². The fourth-order valence-electron chi connectivity index (χ4n) is 5.26. The van der Waals surface area contributed by atoms with Crippen LogP contribution in [0.15, 0.2) is 42.5 Å². The van der Waals surface area contributed by atoms with E-state index in [0.29, 0.717) is 50.4 Å². The standard InChI is InChI=1S/C35H42O12/c1-22-13-16-39-33(4,45-22)30(36)42-27-11-9-25(10-12-27)7-8-26-19-28(43-31(37)34(5)40-17-14-23(2)46-34)21-29(20-26)44-32(38)35(6)41-18-15-24(3)47-35/h7-12,19-24H,13-18H2,1-6H3/b8-7+/t22-,23-,24-,33+,34+,35+/m1/s1. The predicted octanol–water partition coefficient (Wildman–Crippen LogP) is 5.20. The van der Waals surface area contributed by atoms with Crippen LogP contribution >= 0.6 is 0 Å². The second-order valence-corrected chi connectivity index (χ2v) is 12.3. The highest BCUT2D eigenvalue weighted by atomic mass is 16.8. The Labute approximate surface area is 274 Å². The van der Waals surface area contributed by atoms with E-state index in [9.17, 15) is 14.4 Å². The maximum absolute atomic E-state index is 13.1. The van der Waals surface area contributed by atoms with Gasteiger partial charge in [0.15, 0.2) is 0 Å². The number of hydrogen-bond acceptors (Lipinski definition) is 12. The van der Waals surface area contributed by atoms with Crippen LogP contribution in [0.5, 0.6) is 17.2 Å². The summed E-state index contributed by atoms with van der Waals surface area (Å²) in [6, 6.07) is 11.5. The lowest BCUT2D eigenvalue weighted by molar-refractivity contribution is -0.274. The van der Waals surface area contributed by atoms with Crippen molar-refractivity contribution in [2.24, 2.45) is 0 Å². The molecule has 3 saturated heterocycles. The van der Waals surface area contributed by atoms with Gasteiger partial charge in [-0.25, -0.2) is 14.4 Å². The van der Waals surface area contributed by atoms with Crippen molar-refractivity contribution >= 4 is 30.1 Å². The first-order valence-electron chi connectivity index (χ1n) is 15.8. The normalized spacial score (nSPS) is 31.2. The van der Waals surface area contributed by atoms with Crippen molar-refractivity contribution in [2.45, 2.75) is 96.5 Å². The van der Waals surface area contributed by atoms with Crippen molar-refractivity contribution in [1.29, 1.82) is 0 Å². The molecular formula is C35H42O12. The average molecular weight is 655 g/mol. The Hall–Kier alpha value is -3.65. The molecule has 3 fully saturated rings. The van der Waals surface area contributed by atoms with Gasteiger partial charge in [-0.05, 0) is 75.4 Å². The molecule has 0 aliphatic carbocycles. The number of esters is 3. The molecule has 3 heterocycles. The zero-order valence-corrected chi connectivity index (χ0v) is 27.6. The summed E-state index contributed by atoms with van der Waals surface area (Å²) in [5.41, 5.74) is 1.32. The predicted molar refractivity (Wildman–Crippen MR) is 167 cm³/mol. The largest absolute Gasteiger partial charge is 0.423 e. The first kappa shape index (κ1) is 34.7. The number of hydrogen-bond donors (Lipinski definition) is 0. The molecule has 3 aliphatic rings. The molecule has 0 saturated carbocycles. The Bertz CT molecular complexity index is 1430. The van der Waals surface area contributed by atoms with E-state index >= 15 is 0 Å². The van der Waals surface area contributed by atoms with E-state index in [1.54, 1.807) is 55.5 Å². The Kier molecular flexibility index (Phi) is 10.5. The molecule has 5 rings (SSSR count). The van der Waals surface area contributed by atoms with Crippen LogP contribution in [0.25, 0.3) is 12.2 Å². The molecule has 0 amide bonds. The molecule has 2 aromatic rings. The SMILES string of the molecule is C[C@@H]1CCO[C@](C)(C(=O)Oc2ccc(/C=C/c3cc(OC(=O)[C@@]4(C)OCC[C@@H](C)O4)cc(OC(=O)[C@@]4(C)OCC[C@@H](C)O4)c3)cc2)O1. The summed E-state index contributed by atoms with van der Waals surface area (Å²) < 4.78 is 50.8. The summed E-state index contributed by atoms with van der Waals surface area (Å²) >= 11 is 0. The minimum atomic E-state index is -1.59. The Morgan fingerprint density at radius 1 is 0.574 bits per heavy atom. The molecule has 12 nitrogen and oxygen atoms in total. The molecule has 0 radical (unpaired) electrons. The first-order chi connectivity index (χ1) is 22.2. The summed E-state index contributed by atoms with van der Waals surface area (Å²) in [5, 5.41) is 0. The quantitative estimate of drug-likeness (QED) is 0.210. The highest BCUT2D eigenvalue weighted by Crippen LogP contribution is 2.31. The van der Waals surface area contributed by atoms with E-state index in [0.717, 1.165) is 5.56 Å². The monoisotopic (exact) mass is 654 g/mol. The van der Waals surface area contributed by atoms with Crippen LogP contribution in [0.1, 0.15) is 71.9 Å². The van der Waals surface area contributed by atoms with Gasteiger partial charge in [-0.3, -0.25) is 0 Å². The third kappa shape index (κ3) is 8.64. The second-order valence-electron chi connectivity index (χ2n) is 12.3. The number of carbonyl (C=O) groups excluding carboxylic acids is 3. The minimum Gasteiger partial charge on any atom is -0.423 e. The van der Waals surface area contributed by atoms with Crippen LogP contribution in [0.4, 0.5) is 0 Å². The second kappa shape index (κ2) is 14.2. The van der Waals surface area contributed by atoms with Crippen LogP contribution in [0, 0.1) is 0 Å². The van der Waals surface area contributed by atoms with E-state index in [2.05, 4.69) is 0 Å². The Morgan fingerprint density at radius 3 is 1.32 bits per heavy atom. The topological polar surface area (TPSA) is 134 Å². The summed E-state index contributed by atoms with van der Waals surface area (Å²) in [7, 11) is 0. The third-order valence-corrected chi connectivity index (χ3v) is 7.98. The maximum Gasteiger partial charge on any atom is 0.371 e. The molecule has 0 N–H and O–H groups in total. The van der Waals surface area contributed by atoms with Crippen LogP contribution in [0.2, 0.25) is 0 Å². The first-order valence-corrected chi connectivity index (χ1v) is 15.8. The number of carbonyl (C=O) groups is 3. The van der Waals surface area contributed by atoms with Crippen LogP contribution in [0.3, 0.4) is 0 Å². The number of benzene rings is 2. The fraction of sp³-hybridized carbons (Fsp3) is 0.514. The van der Waals surface area contributed by atoms with Crippen LogP contribution in [-0.2, 0) is 42.8 Å². The summed E-state index contributed by atoms with van der Waals surface area (Å²) in [6.45, 7) is 11.2. The van der Waals surface area contributed by atoms with Gasteiger partial charge in [-0.1, -0.05) is 24.3 Å². The molecule has 47 heavy (non-hydrogen) atoms.